The lowest BCUT2D eigenvalue weighted by Gasteiger charge is -2.04. The summed E-state index contributed by atoms with van der Waals surface area (Å²) >= 11 is 1.11. The third-order valence-electron chi connectivity index (χ3n) is 2.14. The first-order valence-corrected chi connectivity index (χ1v) is 5.74. The van der Waals surface area contributed by atoms with E-state index in [0.29, 0.717) is 0 Å². The Bertz CT molecular complexity index is 641. The van der Waals surface area contributed by atoms with Gasteiger partial charge in [0.1, 0.15) is 6.54 Å². The SMILES string of the molecule is CC(=O)OC(=N)Cn1c(=O)sc2ccccc21. The molecular weight excluding hydrogens is 240 g/mol. The van der Waals surface area contributed by atoms with E-state index in [9.17, 15) is 9.59 Å². The fraction of sp³-hybridized carbons (Fsp3) is 0.182. The van der Waals surface area contributed by atoms with Crippen LogP contribution in [0, 0.1) is 5.41 Å². The summed E-state index contributed by atoms with van der Waals surface area (Å²) in [5, 5.41) is 7.47. The molecule has 0 saturated heterocycles. The van der Waals surface area contributed by atoms with Crippen molar-refractivity contribution in [3.05, 3.63) is 33.9 Å². The van der Waals surface area contributed by atoms with Gasteiger partial charge in [-0.2, -0.15) is 0 Å². The van der Waals surface area contributed by atoms with Crippen molar-refractivity contribution in [3.63, 3.8) is 0 Å². The lowest BCUT2D eigenvalue weighted by atomic mass is 10.3. The van der Waals surface area contributed by atoms with Crippen LogP contribution in [0.3, 0.4) is 0 Å². The minimum atomic E-state index is -0.553. The molecule has 0 amide bonds. The van der Waals surface area contributed by atoms with Gasteiger partial charge in [0, 0.05) is 6.92 Å². The van der Waals surface area contributed by atoms with Crippen LogP contribution >= 0.6 is 11.3 Å². The van der Waals surface area contributed by atoms with E-state index in [0.717, 1.165) is 21.6 Å². The van der Waals surface area contributed by atoms with E-state index in [1.807, 2.05) is 18.2 Å². The number of esters is 1. The van der Waals surface area contributed by atoms with E-state index in [2.05, 4.69) is 4.74 Å². The van der Waals surface area contributed by atoms with Gasteiger partial charge in [0.25, 0.3) is 0 Å². The number of benzene rings is 1. The summed E-state index contributed by atoms with van der Waals surface area (Å²) in [6, 6.07) is 7.31. The van der Waals surface area contributed by atoms with Crippen molar-refractivity contribution in [2.75, 3.05) is 0 Å². The minimum Gasteiger partial charge on any atom is -0.410 e. The molecule has 0 saturated carbocycles. The van der Waals surface area contributed by atoms with Crippen LogP contribution in [0.5, 0.6) is 0 Å². The van der Waals surface area contributed by atoms with Crippen molar-refractivity contribution < 1.29 is 9.53 Å². The first kappa shape index (κ1) is 11.5. The van der Waals surface area contributed by atoms with Crippen molar-refractivity contribution in [3.8, 4) is 0 Å². The number of para-hydroxylation sites is 1. The monoisotopic (exact) mass is 250 g/mol. The maximum absolute atomic E-state index is 11.7. The van der Waals surface area contributed by atoms with Crippen LogP contribution in [0.1, 0.15) is 6.92 Å². The molecule has 0 unspecified atom stereocenters. The summed E-state index contributed by atoms with van der Waals surface area (Å²) in [6.45, 7) is 1.20. The minimum absolute atomic E-state index is 0.0254. The molecule has 5 nitrogen and oxygen atoms in total. The Morgan fingerprint density at radius 2 is 2.18 bits per heavy atom. The van der Waals surface area contributed by atoms with E-state index in [4.69, 9.17) is 5.41 Å². The summed E-state index contributed by atoms with van der Waals surface area (Å²) in [5.74, 6) is -0.786. The average Bonchev–Trinajstić information content (AvgIpc) is 2.55. The fourth-order valence-corrected chi connectivity index (χ4v) is 2.40. The van der Waals surface area contributed by atoms with E-state index in [1.54, 1.807) is 6.07 Å². The molecule has 0 aliphatic carbocycles. The second-order valence-electron chi connectivity index (χ2n) is 3.44. The quantitative estimate of drug-likeness (QED) is 0.500. The Morgan fingerprint density at radius 3 is 2.88 bits per heavy atom. The van der Waals surface area contributed by atoms with Gasteiger partial charge in [-0.15, -0.1) is 0 Å². The molecule has 1 aromatic carbocycles. The van der Waals surface area contributed by atoms with Gasteiger partial charge in [0.15, 0.2) is 0 Å². The Balaban J connectivity index is 2.36. The molecule has 88 valence electrons. The molecule has 1 heterocycles. The van der Waals surface area contributed by atoms with E-state index in [1.165, 1.54) is 11.5 Å². The standard InChI is InChI=1S/C11H10N2O3S/c1-7(14)16-10(12)6-13-8-4-2-3-5-9(8)17-11(13)15/h2-5,12H,6H2,1H3. The van der Waals surface area contributed by atoms with Crippen LogP contribution < -0.4 is 4.87 Å². The number of hydrogen-bond donors (Lipinski definition) is 1. The Kier molecular flexibility index (Phi) is 3.06. The highest BCUT2D eigenvalue weighted by Crippen LogP contribution is 2.16. The van der Waals surface area contributed by atoms with Crippen molar-refractivity contribution in [2.45, 2.75) is 13.5 Å². The molecule has 0 fully saturated rings. The number of hydrogen-bond acceptors (Lipinski definition) is 5. The van der Waals surface area contributed by atoms with Gasteiger partial charge in [-0.1, -0.05) is 23.5 Å². The molecule has 0 aliphatic rings. The number of nitrogens with one attached hydrogen (secondary N) is 1. The maximum atomic E-state index is 11.7. The number of nitrogens with zero attached hydrogens (tertiary/aromatic N) is 1. The summed E-state index contributed by atoms with van der Waals surface area (Å²) in [4.78, 5) is 22.2. The fourth-order valence-electron chi connectivity index (χ4n) is 1.51. The third kappa shape index (κ3) is 2.42. The molecule has 2 aromatic rings. The highest BCUT2D eigenvalue weighted by molar-refractivity contribution is 7.16. The van der Waals surface area contributed by atoms with Crippen LogP contribution in [0.2, 0.25) is 0 Å². The topological polar surface area (TPSA) is 72.2 Å². The molecule has 1 aromatic heterocycles. The van der Waals surface area contributed by atoms with Crippen LogP contribution in [-0.2, 0) is 16.1 Å². The lowest BCUT2D eigenvalue weighted by Crippen LogP contribution is -2.21. The largest absolute Gasteiger partial charge is 0.410 e. The highest BCUT2D eigenvalue weighted by atomic mass is 32.1. The predicted octanol–water partition coefficient (Wildman–Crippen LogP) is 1.60. The number of ether oxygens (including phenoxy) is 1. The zero-order valence-electron chi connectivity index (χ0n) is 9.10. The number of aromatic nitrogens is 1. The van der Waals surface area contributed by atoms with Crippen LogP contribution in [0.25, 0.3) is 10.2 Å². The number of fused-ring (bicyclic) bond motifs is 1. The van der Waals surface area contributed by atoms with E-state index in [-0.39, 0.29) is 17.3 Å². The number of carbonyl (C=O) groups is 1. The first-order valence-electron chi connectivity index (χ1n) is 4.92. The van der Waals surface area contributed by atoms with Gasteiger partial charge in [0.2, 0.25) is 5.90 Å². The van der Waals surface area contributed by atoms with Crippen molar-refractivity contribution in [2.24, 2.45) is 0 Å². The Labute approximate surface area is 101 Å². The first-order chi connectivity index (χ1) is 8.08. The predicted molar refractivity (Wildman–Crippen MR) is 65.6 cm³/mol. The molecule has 17 heavy (non-hydrogen) atoms. The van der Waals surface area contributed by atoms with Gasteiger partial charge >= 0.3 is 10.8 Å². The molecule has 0 spiro atoms. The third-order valence-corrected chi connectivity index (χ3v) is 3.10. The lowest BCUT2D eigenvalue weighted by molar-refractivity contribution is -0.133. The maximum Gasteiger partial charge on any atom is 0.309 e. The molecule has 0 aliphatic heterocycles. The van der Waals surface area contributed by atoms with Crippen LogP contribution in [0.15, 0.2) is 29.1 Å². The smallest absolute Gasteiger partial charge is 0.309 e. The van der Waals surface area contributed by atoms with Crippen molar-refractivity contribution >= 4 is 33.4 Å². The Morgan fingerprint density at radius 1 is 1.47 bits per heavy atom. The highest BCUT2D eigenvalue weighted by Gasteiger charge is 2.10. The average molecular weight is 250 g/mol. The summed E-state index contributed by atoms with van der Waals surface area (Å²) in [6.07, 6.45) is 0. The number of thiazole rings is 1. The summed E-state index contributed by atoms with van der Waals surface area (Å²) in [7, 11) is 0. The van der Waals surface area contributed by atoms with E-state index >= 15 is 0 Å². The van der Waals surface area contributed by atoms with E-state index < -0.39 is 5.97 Å². The van der Waals surface area contributed by atoms with Crippen LogP contribution in [0.4, 0.5) is 0 Å². The zero-order chi connectivity index (χ0) is 12.4. The van der Waals surface area contributed by atoms with Crippen LogP contribution in [-0.4, -0.2) is 16.4 Å². The number of carbonyl (C=O) groups excluding carboxylic acids is 1. The Hall–Kier alpha value is -1.95. The molecule has 6 heteroatoms. The van der Waals surface area contributed by atoms with Gasteiger partial charge in [-0.3, -0.25) is 19.6 Å². The van der Waals surface area contributed by atoms with Gasteiger partial charge < -0.3 is 4.74 Å². The molecule has 0 radical (unpaired) electrons. The van der Waals surface area contributed by atoms with Gasteiger partial charge in [0.05, 0.1) is 10.2 Å². The normalized spacial score (nSPS) is 10.4. The van der Waals surface area contributed by atoms with Gasteiger partial charge in [-0.05, 0) is 12.1 Å². The molecule has 0 bridgehead atoms. The zero-order valence-corrected chi connectivity index (χ0v) is 9.91. The van der Waals surface area contributed by atoms with Crippen molar-refractivity contribution in [1.82, 2.24) is 4.57 Å². The summed E-state index contributed by atoms with van der Waals surface area (Å²) < 4.78 is 6.89. The van der Waals surface area contributed by atoms with Gasteiger partial charge in [-0.25, -0.2) is 0 Å². The molecule has 0 atom stereocenters. The molecule has 2 rings (SSSR count). The molecular formula is C11H10N2O3S. The summed E-state index contributed by atoms with van der Waals surface area (Å²) in [5.41, 5.74) is 0.749. The second-order valence-corrected chi connectivity index (χ2v) is 4.43. The molecule has 1 N–H and O–H groups in total. The van der Waals surface area contributed by atoms with Crippen molar-refractivity contribution in [1.29, 1.82) is 5.41 Å². The second kappa shape index (κ2) is 4.50. The number of rotatable bonds is 2.